The van der Waals surface area contributed by atoms with Gasteiger partial charge in [0.15, 0.2) is 0 Å². The summed E-state index contributed by atoms with van der Waals surface area (Å²) in [5.74, 6) is 1.39. The van der Waals surface area contributed by atoms with Crippen LogP contribution in [0.1, 0.15) is 32.6 Å². The molecule has 0 bridgehead atoms. The van der Waals surface area contributed by atoms with Gasteiger partial charge in [0.25, 0.3) is 5.91 Å². The predicted octanol–water partition coefficient (Wildman–Crippen LogP) is 2.40. The fourth-order valence-electron chi connectivity index (χ4n) is 3.43. The lowest BCUT2D eigenvalue weighted by atomic mass is 9.95. The Labute approximate surface area is 158 Å². The van der Waals surface area contributed by atoms with Crippen LogP contribution in [0.5, 0.6) is 0 Å². The summed E-state index contributed by atoms with van der Waals surface area (Å²) in [6.07, 6.45) is 2.51. The summed E-state index contributed by atoms with van der Waals surface area (Å²) in [6, 6.07) is 9.87. The molecule has 0 unspecified atom stereocenters. The predicted molar refractivity (Wildman–Crippen MR) is 101 cm³/mol. The number of benzene rings is 1. The molecule has 26 heavy (non-hydrogen) atoms. The van der Waals surface area contributed by atoms with Crippen LogP contribution in [0.4, 0.5) is 4.79 Å². The normalized spacial score (nSPS) is 25.3. The average molecular weight is 375 g/mol. The van der Waals surface area contributed by atoms with Crippen LogP contribution in [0.3, 0.4) is 0 Å². The van der Waals surface area contributed by atoms with Gasteiger partial charge in [0.05, 0.1) is 0 Å². The molecular weight excluding hydrogens is 350 g/mol. The molecule has 6 nitrogen and oxygen atoms in total. The van der Waals surface area contributed by atoms with Gasteiger partial charge in [-0.3, -0.25) is 14.9 Å². The maximum Gasteiger partial charge on any atom is 0.322 e. The smallest absolute Gasteiger partial charge is 0.322 e. The summed E-state index contributed by atoms with van der Waals surface area (Å²) in [6.45, 7) is 3.32. The van der Waals surface area contributed by atoms with E-state index in [1.54, 1.807) is 6.92 Å². The van der Waals surface area contributed by atoms with Gasteiger partial charge in [0, 0.05) is 30.2 Å². The fraction of sp³-hybridized carbons (Fsp3) is 0.526. The van der Waals surface area contributed by atoms with E-state index >= 15 is 0 Å². The zero-order valence-electron chi connectivity index (χ0n) is 15.0. The van der Waals surface area contributed by atoms with Crippen LogP contribution >= 0.6 is 11.8 Å². The molecule has 2 aliphatic rings. The van der Waals surface area contributed by atoms with E-state index in [0.717, 1.165) is 25.3 Å². The first kappa shape index (κ1) is 18.8. The molecule has 0 saturated carbocycles. The highest BCUT2D eigenvalue weighted by molar-refractivity contribution is 7.99. The number of imide groups is 1. The number of hydrogen-bond donors (Lipinski definition) is 2. The molecule has 2 heterocycles. The highest BCUT2D eigenvalue weighted by atomic mass is 32.2. The molecule has 0 aliphatic carbocycles. The van der Waals surface area contributed by atoms with Crippen LogP contribution in [-0.4, -0.2) is 47.1 Å². The SMILES string of the molecule is C[C@]1(CCCC(=O)N2CC[C@@H](CSc3ccccc3)C2)NC(=O)NC1=O. The Balaban J connectivity index is 1.38. The first-order valence-corrected chi connectivity index (χ1v) is 10.0. The van der Waals surface area contributed by atoms with Crippen molar-refractivity contribution in [1.29, 1.82) is 0 Å². The van der Waals surface area contributed by atoms with Crippen molar-refractivity contribution in [3.8, 4) is 0 Å². The topological polar surface area (TPSA) is 78.5 Å². The standard InChI is InChI=1S/C19H25N3O3S/c1-19(17(24)20-18(25)21-19)10-5-8-16(23)22-11-9-14(12-22)13-26-15-6-3-2-4-7-15/h2-4,6-7,14H,5,8-13H2,1H3,(H2,20,21,24,25)/t14-,19-/m1/s1. The summed E-state index contributed by atoms with van der Waals surface area (Å²) in [5.41, 5.74) is -0.892. The summed E-state index contributed by atoms with van der Waals surface area (Å²) < 4.78 is 0. The second-order valence-corrected chi connectivity index (χ2v) is 8.31. The number of hydrogen-bond acceptors (Lipinski definition) is 4. The van der Waals surface area contributed by atoms with Gasteiger partial charge in [-0.2, -0.15) is 0 Å². The van der Waals surface area contributed by atoms with Gasteiger partial charge in [0.2, 0.25) is 5.91 Å². The monoisotopic (exact) mass is 375 g/mol. The number of likely N-dealkylation sites (tertiary alicyclic amines) is 1. The summed E-state index contributed by atoms with van der Waals surface area (Å²) >= 11 is 1.84. The molecule has 0 spiro atoms. The third kappa shape index (κ3) is 4.58. The van der Waals surface area contributed by atoms with Gasteiger partial charge in [-0.25, -0.2) is 4.79 Å². The number of carbonyl (C=O) groups excluding carboxylic acids is 3. The maximum atomic E-state index is 12.4. The molecule has 0 radical (unpaired) electrons. The molecule has 2 atom stereocenters. The number of nitrogens with one attached hydrogen (secondary N) is 2. The Morgan fingerprint density at radius 2 is 2.08 bits per heavy atom. The minimum atomic E-state index is -0.892. The van der Waals surface area contributed by atoms with E-state index in [-0.39, 0.29) is 11.8 Å². The third-order valence-corrected chi connectivity index (χ3v) is 6.30. The lowest BCUT2D eigenvalue weighted by molar-refractivity contribution is -0.131. The van der Waals surface area contributed by atoms with Gasteiger partial charge < -0.3 is 10.2 Å². The Morgan fingerprint density at radius 1 is 1.31 bits per heavy atom. The number of rotatable bonds is 7. The summed E-state index contributed by atoms with van der Waals surface area (Å²) in [4.78, 5) is 38.7. The van der Waals surface area contributed by atoms with Crippen molar-refractivity contribution in [1.82, 2.24) is 15.5 Å². The van der Waals surface area contributed by atoms with E-state index in [4.69, 9.17) is 0 Å². The molecule has 2 N–H and O–H groups in total. The van der Waals surface area contributed by atoms with Gasteiger partial charge in [-0.1, -0.05) is 18.2 Å². The molecule has 4 amide bonds. The number of nitrogens with zero attached hydrogens (tertiary/aromatic N) is 1. The zero-order chi connectivity index (χ0) is 18.6. The lowest BCUT2D eigenvalue weighted by Gasteiger charge is -2.21. The highest BCUT2D eigenvalue weighted by Crippen LogP contribution is 2.26. The molecule has 1 aromatic rings. The molecule has 0 aromatic heterocycles. The summed E-state index contributed by atoms with van der Waals surface area (Å²) in [5, 5.41) is 4.88. The third-order valence-electron chi connectivity index (χ3n) is 5.05. The van der Waals surface area contributed by atoms with Crippen molar-refractivity contribution in [2.24, 2.45) is 5.92 Å². The van der Waals surface area contributed by atoms with E-state index in [1.165, 1.54) is 4.90 Å². The second kappa shape index (κ2) is 8.12. The van der Waals surface area contributed by atoms with Crippen molar-refractivity contribution in [2.45, 2.75) is 43.0 Å². The molecule has 2 saturated heterocycles. The van der Waals surface area contributed by atoms with Crippen LogP contribution in [-0.2, 0) is 9.59 Å². The lowest BCUT2D eigenvalue weighted by Crippen LogP contribution is -2.43. The molecular formula is C19H25N3O3S. The minimum absolute atomic E-state index is 0.144. The largest absolute Gasteiger partial charge is 0.342 e. The summed E-state index contributed by atoms with van der Waals surface area (Å²) in [7, 11) is 0. The van der Waals surface area contributed by atoms with Gasteiger partial charge in [-0.15, -0.1) is 11.8 Å². The van der Waals surface area contributed by atoms with Crippen molar-refractivity contribution in [3.05, 3.63) is 30.3 Å². The minimum Gasteiger partial charge on any atom is -0.342 e. The number of urea groups is 1. The van der Waals surface area contributed by atoms with Crippen molar-refractivity contribution in [2.75, 3.05) is 18.8 Å². The van der Waals surface area contributed by atoms with E-state index in [2.05, 4.69) is 22.8 Å². The molecule has 1 aromatic carbocycles. The molecule has 3 rings (SSSR count). The van der Waals surface area contributed by atoms with Gasteiger partial charge in [-0.05, 0) is 44.2 Å². The highest BCUT2D eigenvalue weighted by Gasteiger charge is 2.41. The Bertz CT molecular complexity index is 682. The fourth-order valence-corrected chi connectivity index (χ4v) is 4.48. The Morgan fingerprint density at radius 3 is 2.77 bits per heavy atom. The van der Waals surface area contributed by atoms with E-state index in [9.17, 15) is 14.4 Å². The molecule has 2 fully saturated rings. The van der Waals surface area contributed by atoms with E-state index < -0.39 is 11.6 Å². The van der Waals surface area contributed by atoms with Crippen LogP contribution < -0.4 is 10.6 Å². The van der Waals surface area contributed by atoms with Gasteiger partial charge >= 0.3 is 6.03 Å². The zero-order valence-corrected chi connectivity index (χ0v) is 15.8. The van der Waals surface area contributed by atoms with Crippen LogP contribution in [0.15, 0.2) is 35.2 Å². The maximum absolute atomic E-state index is 12.4. The first-order valence-electron chi connectivity index (χ1n) is 9.05. The number of carbonyl (C=O) groups is 3. The Kier molecular flexibility index (Phi) is 5.86. The van der Waals surface area contributed by atoms with E-state index in [0.29, 0.717) is 25.2 Å². The molecule has 140 valence electrons. The van der Waals surface area contributed by atoms with Crippen LogP contribution in [0, 0.1) is 5.92 Å². The van der Waals surface area contributed by atoms with Crippen molar-refractivity contribution in [3.63, 3.8) is 0 Å². The molecule has 7 heteroatoms. The van der Waals surface area contributed by atoms with Crippen LogP contribution in [0.25, 0.3) is 0 Å². The Hall–Kier alpha value is -2.02. The van der Waals surface area contributed by atoms with E-state index in [1.807, 2.05) is 34.9 Å². The first-order chi connectivity index (χ1) is 12.5. The van der Waals surface area contributed by atoms with Crippen molar-refractivity contribution >= 4 is 29.6 Å². The average Bonchev–Trinajstić information content (AvgIpc) is 3.18. The van der Waals surface area contributed by atoms with Crippen molar-refractivity contribution < 1.29 is 14.4 Å². The number of thioether (sulfide) groups is 1. The quantitative estimate of drug-likeness (QED) is 0.567. The number of amides is 4. The second-order valence-electron chi connectivity index (χ2n) is 7.21. The van der Waals surface area contributed by atoms with Gasteiger partial charge in [0.1, 0.15) is 5.54 Å². The van der Waals surface area contributed by atoms with Crippen LogP contribution in [0.2, 0.25) is 0 Å². The molecule has 2 aliphatic heterocycles.